The number of alkyl halides is 3. The summed E-state index contributed by atoms with van der Waals surface area (Å²) in [5, 5.41) is 9.03. The highest BCUT2D eigenvalue weighted by atomic mass is 35.5. The first kappa shape index (κ1) is 26.9. The standard InChI is InChI=1S/C25H17ClF3N5O3S2/c1-13(35)31-23-32-18(12-38-23)11-33-22(36)21(39-24(33)37)7-14-2-5-20-16(6-14)9-30-34(20)10-15-3-4-17(26)8-19(15)25(27,28)29/h2-9,12H,10-11H2,1H3,(H,31,32,35)/b21-7-. The number of benzene rings is 2. The monoisotopic (exact) mass is 591 g/mol. The van der Waals surface area contributed by atoms with E-state index in [4.69, 9.17) is 11.6 Å². The number of rotatable bonds is 6. The summed E-state index contributed by atoms with van der Waals surface area (Å²) < 4.78 is 42.0. The van der Waals surface area contributed by atoms with Crippen molar-refractivity contribution in [1.82, 2.24) is 19.7 Å². The number of nitrogens with zero attached hydrogens (tertiary/aromatic N) is 4. The van der Waals surface area contributed by atoms with E-state index in [1.54, 1.807) is 29.7 Å². The summed E-state index contributed by atoms with van der Waals surface area (Å²) in [6.45, 7) is 1.20. The zero-order valence-corrected chi connectivity index (χ0v) is 22.3. The minimum Gasteiger partial charge on any atom is -0.302 e. The van der Waals surface area contributed by atoms with E-state index in [1.165, 1.54) is 41.3 Å². The van der Waals surface area contributed by atoms with Gasteiger partial charge in [0.15, 0.2) is 5.13 Å². The van der Waals surface area contributed by atoms with Crippen LogP contribution in [-0.2, 0) is 28.9 Å². The van der Waals surface area contributed by atoms with Gasteiger partial charge in [0.05, 0.1) is 41.0 Å². The lowest BCUT2D eigenvalue weighted by Crippen LogP contribution is -2.27. The minimum atomic E-state index is -4.56. The summed E-state index contributed by atoms with van der Waals surface area (Å²) in [5.74, 6) is -0.749. The van der Waals surface area contributed by atoms with Crippen molar-refractivity contribution >= 4 is 73.9 Å². The number of carbonyl (C=O) groups is 3. The maximum atomic E-state index is 13.5. The first-order valence-corrected chi connectivity index (χ1v) is 13.3. The summed E-state index contributed by atoms with van der Waals surface area (Å²) in [6.07, 6.45) is -1.46. The molecule has 0 atom stereocenters. The molecule has 1 aliphatic rings. The van der Waals surface area contributed by atoms with Crippen molar-refractivity contribution < 1.29 is 27.6 Å². The van der Waals surface area contributed by atoms with Gasteiger partial charge in [-0.25, -0.2) is 4.98 Å². The van der Waals surface area contributed by atoms with Gasteiger partial charge in [-0.15, -0.1) is 11.3 Å². The van der Waals surface area contributed by atoms with Crippen LogP contribution in [0.25, 0.3) is 17.0 Å². The molecule has 14 heteroatoms. The van der Waals surface area contributed by atoms with E-state index in [-0.39, 0.29) is 34.5 Å². The van der Waals surface area contributed by atoms with Crippen molar-refractivity contribution in [2.45, 2.75) is 26.2 Å². The van der Waals surface area contributed by atoms with Gasteiger partial charge in [0.25, 0.3) is 11.1 Å². The molecule has 1 aliphatic heterocycles. The predicted molar refractivity (Wildman–Crippen MR) is 143 cm³/mol. The Bertz CT molecular complexity index is 1660. The molecule has 3 amide bonds. The Labute approximate surface area is 232 Å². The van der Waals surface area contributed by atoms with Crippen LogP contribution in [0.15, 0.2) is 52.9 Å². The minimum absolute atomic E-state index is 0.00761. The second kappa shape index (κ2) is 10.5. The van der Waals surface area contributed by atoms with Crippen LogP contribution in [0.2, 0.25) is 5.02 Å². The molecule has 1 N–H and O–H groups in total. The van der Waals surface area contributed by atoms with Crippen molar-refractivity contribution in [1.29, 1.82) is 0 Å². The van der Waals surface area contributed by atoms with Gasteiger partial charge in [0.1, 0.15) is 0 Å². The summed E-state index contributed by atoms with van der Waals surface area (Å²) in [4.78, 5) is 42.1. The molecule has 0 aliphatic carbocycles. The first-order chi connectivity index (χ1) is 18.5. The highest BCUT2D eigenvalue weighted by molar-refractivity contribution is 8.18. The van der Waals surface area contributed by atoms with E-state index in [0.29, 0.717) is 27.3 Å². The quantitative estimate of drug-likeness (QED) is 0.260. The molecular weight excluding hydrogens is 575 g/mol. The van der Waals surface area contributed by atoms with Crippen LogP contribution in [0.4, 0.5) is 23.1 Å². The summed E-state index contributed by atoms with van der Waals surface area (Å²) >= 11 is 7.77. The van der Waals surface area contributed by atoms with Crippen LogP contribution >= 0.6 is 34.7 Å². The van der Waals surface area contributed by atoms with Crippen molar-refractivity contribution in [3.63, 3.8) is 0 Å². The average Bonchev–Trinajstić information content (AvgIpc) is 3.54. The van der Waals surface area contributed by atoms with E-state index in [1.807, 2.05) is 0 Å². The predicted octanol–water partition coefficient (Wildman–Crippen LogP) is 6.41. The van der Waals surface area contributed by atoms with Crippen molar-refractivity contribution in [3.8, 4) is 0 Å². The van der Waals surface area contributed by atoms with Gasteiger partial charge >= 0.3 is 6.18 Å². The largest absolute Gasteiger partial charge is 0.416 e. The maximum absolute atomic E-state index is 13.5. The van der Waals surface area contributed by atoms with Crippen molar-refractivity contribution in [2.24, 2.45) is 0 Å². The first-order valence-electron chi connectivity index (χ1n) is 11.3. The summed E-state index contributed by atoms with van der Waals surface area (Å²) in [7, 11) is 0. The second-order valence-corrected chi connectivity index (χ2v) is 10.8. The fraction of sp³-hybridized carbons (Fsp3) is 0.160. The number of hydrogen-bond acceptors (Lipinski definition) is 7. The Morgan fingerprint density at radius 2 is 1.95 bits per heavy atom. The van der Waals surface area contributed by atoms with Crippen LogP contribution in [0.3, 0.4) is 0 Å². The fourth-order valence-corrected chi connectivity index (χ4v) is 5.73. The zero-order chi connectivity index (χ0) is 27.9. The van der Waals surface area contributed by atoms with Gasteiger partial charge in [0, 0.05) is 22.7 Å². The third-order valence-corrected chi connectivity index (χ3v) is 7.64. The highest BCUT2D eigenvalue weighted by Gasteiger charge is 2.36. The maximum Gasteiger partial charge on any atom is 0.416 e. The summed E-state index contributed by atoms with van der Waals surface area (Å²) in [5.41, 5.74) is 0.892. The van der Waals surface area contributed by atoms with Gasteiger partial charge < -0.3 is 5.32 Å². The van der Waals surface area contributed by atoms with Gasteiger partial charge in [-0.2, -0.15) is 18.3 Å². The molecule has 2 aromatic heterocycles. The van der Waals surface area contributed by atoms with E-state index in [2.05, 4.69) is 15.4 Å². The average molecular weight is 592 g/mol. The van der Waals surface area contributed by atoms with E-state index >= 15 is 0 Å². The number of anilines is 1. The van der Waals surface area contributed by atoms with Crippen molar-refractivity contribution in [3.05, 3.63) is 80.3 Å². The van der Waals surface area contributed by atoms with E-state index in [0.717, 1.165) is 22.7 Å². The Balaban J connectivity index is 1.34. The third kappa shape index (κ3) is 5.84. The molecule has 0 radical (unpaired) electrons. The van der Waals surface area contributed by atoms with Crippen molar-refractivity contribution in [2.75, 3.05) is 5.32 Å². The molecule has 0 bridgehead atoms. The number of aromatic nitrogens is 3. The number of amides is 3. The molecule has 2 aromatic carbocycles. The molecule has 1 saturated heterocycles. The Morgan fingerprint density at radius 1 is 1.15 bits per heavy atom. The van der Waals surface area contributed by atoms with Gasteiger partial charge in [0.2, 0.25) is 5.91 Å². The Hall–Kier alpha value is -3.68. The van der Waals surface area contributed by atoms with Crippen LogP contribution in [-0.4, -0.2) is 36.7 Å². The number of halogens is 4. The molecule has 5 rings (SSSR count). The number of carbonyl (C=O) groups excluding carboxylic acids is 3. The van der Waals surface area contributed by atoms with Crippen LogP contribution < -0.4 is 5.32 Å². The number of imide groups is 1. The molecule has 39 heavy (non-hydrogen) atoms. The molecule has 4 aromatic rings. The lowest BCUT2D eigenvalue weighted by Gasteiger charge is -2.14. The van der Waals surface area contributed by atoms with Gasteiger partial charge in [-0.3, -0.25) is 24.0 Å². The normalized spacial score (nSPS) is 15.1. The number of thiazole rings is 1. The smallest absolute Gasteiger partial charge is 0.302 e. The van der Waals surface area contributed by atoms with Crippen LogP contribution in [0.5, 0.6) is 0 Å². The molecule has 0 saturated carbocycles. The molecule has 0 unspecified atom stereocenters. The highest BCUT2D eigenvalue weighted by Crippen LogP contribution is 2.36. The van der Waals surface area contributed by atoms with Gasteiger partial charge in [-0.05, 0) is 53.2 Å². The number of hydrogen-bond donors (Lipinski definition) is 1. The molecule has 0 spiro atoms. The number of thioether (sulfide) groups is 1. The zero-order valence-electron chi connectivity index (χ0n) is 20.0. The SMILES string of the molecule is CC(=O)Nc1nc(CN2C(=O)S/C(=C\c3ccc4c(cnn4Cc4ccc(Cl)cc4C(F)(F)F)c3)C2=O)cs1. The molecule has 1 fully saturated rings. The lowest BCUT2D eigenvalue weighted by molar-refractivity contribution is -0.138. The Kier molecular flexibility index (Phi) is 7.23. The molecular formula is C25H17ClF3N5O3S2. The lowest BCUT2D eigenvalue weighted by atomic mass is 10.1. The van der Waals surface area contributed by atoms with Crippen LogP contribution in [0, 0.1) is 0 Å². The fourth-order valence-electron chi connectivity index (χ4n) is 3.97. The van der Waals surface area contributed by atoms with Gasteiger partial charge in [-0.1, -0.05) is 23.7 Å². The topological polar surface area (TPSA) is 97.2 Å². The molecule has 8 nitrogen and oxygen atoms in total. The van der Waals surface area contributed by atoms with Crippen LogP contribution in [0.1, 0.15) is 29.3 Å². The molecule has 200 valence electrons. The molecule has 3 heterocycles. The van der Waals surface area contributed by atoms with E-state index < -0.39 is 22.9 Å². The van der Waals surface area contributed by atoms with E-state index in [9.17, 15) is 27.6 Å². The number of fused-ring (bicyclic) bond motifs is 1. The second-order valence-electron chi connectivity index (χ2n) is 8.51. The summed E-state index contributed by atoms with van der Waals surface area (Å²) in [6, 6.07) is 8.75. The Morgan fingerprint density at radius 3 is 2.69 bits per heavy atom. The third-order valence-electron chi connectivity index (χ3n) is 5.69. The number of nitrogens with one attached hydrogen (secondary N) is 1.